The lowest BCUT2D eigenvalue weighted by molar-refractivity contribution is 0.00271. The Balaban J connectivity index is 1.50. The fraction of sp³-hybridized carbons (Fsp3) is 0.478. The lowest BCUT2D eigenvalue weighted by Crippen LogP contribution is -2.59. The number of benzene rings is 1. The standard InChI is InChI=1S/C23H26N2O2/c1-25-12-10-23-9-3-2-6-19(23)21(25)13-16-7-8-18(14-20(16)23)27-22(26)17-5-4-11-24-15-17/h4-5,7-8,11,14-15,19,21H,2-3,6,9-10,12-13H2,1H3/t19-,21+,23-/m0/s1. The zero-order valence-corrected chi connectivity index (χ0v) is 15.9. The minimum atomic E-state index is -0.335. The van der Waals surface area contributed by atoms with Gasteiger partial charge in [0.05, 0.1) is 5.56 Å². The molecule has 27 heavy (non-hydrogen) atoms. The van der Waals surface area contributed by atoms with Crippen molar-refractivity contribution in [2.45, 2.75) is 50.0 Å². The van der Waals surface area contributed by atoms with Crippen LogP contribution < -0.4 is 4.74 Å². The van der Waals surface area contributed by atoms with Crippen molar-refractivity contribution >= 4 is 5.97 Å². The molecule has 3 atom stereocenters. The Morgan fingerprint density at radius 2 is 2.19 bits per heavy atom. The summed E-state index contributed by atoms with van der Waals surface area (Å²) in [4.78, 5) is 19.0. The number of likely N-dealkylation sites (N-methyl/N-ethyl adjacent to an activating group) is 1. The molecule has 0 unspecified atom stereocenters. The number of pyridine rings is 1. The van der Waals surface area contributed by atoms with E-state index in [-0.39, 0.29) is 11.4 Å². The lowest BCUT2D eigenvalue weighted by Gasteiger charge is -2.58. The van der Waals surface area contributed by atoms with E-state index in [0.29, 0.717) is 17.4 Å². The molecule has 4 heteroatoms. The Morgan fingerprint density at radius 1 is 1.26 bits per heavy atom. The highest BCUT2D eigenvalue weighted by molar-refractivity contribution is 5.90. The molecular weight excluding hydrogens is 336 g/mol. The molecule has 4 nitrogen and oxygen atoms in total. The third kappa shape index (κ3) is 2.69. The number of likely N-dealkylation sites (tertiary alicyclic amines) is 1. The van der Waals surface area contributed by atoms with Gasteiger partial charge in [-0.15, -0.1) is 0 Å². The smallest absolute Gasteiger partial charge is 0.345 e. The maximum Gasteiger partial charge on any atom is 0.345 e. The molecule has 1 saturated heterocycles. The number of rotatable bonds is 2. The number of ether oxygens (including phenoxy) is 1. The van der Waals surface area contributed by atoms with Crippen LogP contribution in [0, 0.1) is 5.92 Å². The largest absolute Gasteiger partial charge is 0.423 e. The summed E-state index contributed by atoms with van der Waals surface area (Å²) in [5, 5.41) is 0. The molecule has 2 aliphatic carbocycles. The molecular formula is C23H26N2O2. The van der Waals surface area contributed by atoms with Gasteiger partial charge < -0.3 is 9.64 Å². The van der Waals surface area contributed by atoms with E-state index < -0.39 is 0 Å². The molecule has 2 aromatic rings. The zero-order valence-electron chi connectivity index (χ0n) is 15.9. The summed E-state index contributed by atoms with van der Waals surface area (Å²) in [6.07, 6.45) is 10.8. The van der Waals surface area contributed by atoms with Crippen LogP contribution in [0.2, 0.25) is 0 Å². The van der Waals surface area contributed by atoms with Crippen molar-refractivity contribution in [1.29, 1.82) is 0 Å². The van der Waals surface area contributed by atoms with Crippen LogP contribution in [-0.4, -0.2) is 35.5 Å². The van der Waals surface area contributed by atoms with Gasteiger partial charge in [-0.25, -0.2) is 4.79 Å². The second-order valence-corrected chi connectivity index (χ2v) is 8.46. The van der Waals surface area contributed by atoms with E-state index in [4.69, 9.17) is 4.74 Å². The van der Waals surface area contributed by atoms with E-state index >= 15 is 0 Å². The first-order valence-corrected chi connectivity index (χ1v) is 10.1. The number of aromatic nitrogens is 1. The molecule has 3 aliphatic rings. The highest BCUT2D eigenvalue weighted by atomic mass is 16.5. The number of fused-ring (bicyclic) bond motifs is 1. The van der Waals surface area contributed by atoms with Crippen LogP contribution in [0.25, 0.3) is 0 Å². The second kappa shape index (κ2) is 6.45. The number of hydrogen-bond donors (Lipinski definition) is 0. The average Bonchev–Trinajstić information content (AvgIpc) is 2.71. The molecule has 2 heterocycles. The number of carbonyl (C=O) groups is 1. The van der Waals surface area contributed by atoms with Crippen molar-refractivity contribution in [3.8, 4) is 5.75 Å². The number of esters is 1. The first kappa shape index (κ1) is 16.9. The van der Waals surface area contributed by atoms with Crippen LogP contribution in [0.5, 0.6) is 5.75 Å². The third-order valence-corrected chi connectivity index (χ3v) is 7.19. The Hall–Kier alpha value is -2.20. The van der Waals surface area contributed by atoms with Crippen LogP contribution in [0.4, 0.5) is 0 Å². The third-order valence-electron chi connectivity index (χ3n) is 7.19. The highest BCUT2D eigenvalue weighted by Crippen LogP contribution is 2.55. The van der Waals surface area contributed by atoms with Crippen molar-refractivity contribution < 1.29 is 9.53 Å². The molecule has 0 N–H and O–H groups in total. The van der Waals surface area contributed by atoms with Crippen LogP contribution in [-0.2, 0) is 11.8 Å². The molecule has 1 aromatic heterocycles. The summed E-state index contributed by atoms with van der Waals surface area (Å²) in [6, 6.07) is 10.5. The second-order valence-electron chi connectivity index (χ2n) is 8.46. The summed E-state index contributed by atoms with van der Waals surface area (Å²) < 4.78 is 5.71. The molecule has 0 amide bonds. The fourth-order valence-electron chi connectivity index (χ4n) is 5.89. The van der Waals surface area contributed by atoms with Gasteiger partial charge in [0.25, 0.3) is 0 Å². The number of piperidine rings is 1. The first-order valence-electron chi connectivity index (χ1n) is 10.1. The normalized spacial score (nSPS) is 29.5. The molecule has 0 spiro atoms. The molecule has 1 aliphatic heterocycles. The predicted octanol–water partition coefficient (Wildman–Crippen LogP) is 3.99. The molecule has 1 aromatic carbocycles. The van der Waals surface area contributed by atoms with E-state index in [2.05, 4.69) is 29.1 Å². The van der Waals surface area contributed by atoms with Crippen LogP contribution >= 0.6 is 0 Å². The quantitative estimate of drug-likeness (QED) is 0.598. The van der Waals surface area contributed by atoms with E-state index in [1.807, 2.05) is 6.07 Å². The Bertz CT molecular complexity index is 866. The van der Waals surface area contributed by atoms with Crippen molar-refractivity contribution in [3.63, 3.8) is 0 Å². The van der Waals surface area contributed by atoms with Gasteiger partial charge in [-0.3, -0.25) is 4.98 Å². The Kier molecular flexibility index (Phi) is 4.05. The summed E-state index contributed by atoms with van der Waals surface area (Å²) in [5.74, 6) is 1.07. The summed E-state index contributed by atoms with van der Waals surface area (Å²) in [5.41, 5.74) is 3.67. The molecule has 5 rings (SSSR count). The minimum absolute atomic E-state index is 0.278. The zero-order chi connectivity index (χ0) is 18.4. The number of carbonyl (C=O) groups excluding carboxylic acids is 1. The van der Waals surface area contributed by atoms with Gasteiger partial charge in [0.15, 0.2) is 0 Å². The van der Waals surface area contributed by atoms with E-state index in [9.17, 15) is 4.79 Å². The maximum atomic E-state index is 12.5. The predicted molar refractivity (Wildman–Crippen MR) is 104 cm³/mol. The van der Waals surface area contributed by atoms with E-state index in [0.717, 1.165) is 12.3 Å². The van der Waals surface area contributed by atoms with Gasteiger partial charge in [-0.05, 0) is 80.6 Å². The van der Waals surface area contributed by atoms with Crippen molar-refractivity contribution in [3.05, 3.63) is 59.4 Å². The SMILES string of the molecule is CN1CC[C@@]23CCCC[C@H]2[C@H]1Cc1ccc(OC(=O)c2cccnc2)cc13. The Morgan fingerprint density at radius 3 is 3.04 bits per heavy atom. The fourth-order valence-corrected chi connectivity index (χ4v) is 5.89. The number of hydrogen-bond acceptors (Lipinski definition) is 4. The van der Waals surface area contributed by atoms with Crippen molar-refractivity contribution in [2.24, 2.45) is 5.92 Å². The minimum Gasteiger partial charge on any atom is -0.423 e. The van der Waals surface area contributed by atoms with E-state index in [1.165, 1.54) is 49.8 Å². The maximum absolute atomic E-state index is 12.5. The van der Waals surface area contributed by atoms with Crippen molar-refractivity contribution in [1.82, 2.24) is 9.88 Å². The van der Waals surface area contributed by atoms with Crippen molar-refractivity contribution in [2.75, 3.05) is 13.6 Å². The molecule has 0 radical (unpaired) electrons. The number of nitrogens with zero attached hydrogens (tertiary/aromatic N) is 2. The van der Waals surface area contributed by atoms with Crippen LogP contribution in [0.1, 0.15) is 53.6 Å². The van der Waals surface area contributed by atoms with Gasteiger partial charge in [0, 0.05) is 23.9 Å². The van der Waals surface area contributed by atoms with E-state index in [1.54, 1.807) is 24.5 Å². The van der Waals surface area contributed by atoms with Gasteiger partial charge in [-0.2, -0.15) is 0 Å². The van der Waals surface area contributed by atoms with Crippen LogP contribution in [0.15, 0.2) is 42.7 Å². The average molecular weight is 362 g/mol. The summed E-state index contributed by atoms with van der Waals surface area (Å²) >= 11 is 0. The summed E-state index contributed by atoms with van der Waals surface area (Å²) in [7, 11) is 2.29. The molecule has 1 saturated carbocycles. The van der Waals surface area contributed by atoms with Gasteiger partial charge >= 0.3 is 5.97 Å². The molecule has 2 fully saturated rings. The van der Waals surface area contributed by atoms with Gasteiger partial charge in [0.2, 0.25) is 0 Å². The highest BCUT2D eigenvalue weighted by Gasteiger charge is 2.53. The lowest BCUT2D eigenvalue weighted by atomic mass is 9.52. The Labute approximate surface area is 160 Å². The molecule has 140 valence electrons. The van der Waals surface area contributed by atoms with Crippen LogP contribution in [0.3, 0.4) is 0 Å². The van der Waals surface area contributed by atoms with Gasteiger partial charge in [-0.1, -0.05) is 18.9 Å². The first-order chi connectivity index (χ1) is 13.2. The molecule has 2 bridgehead atoms. The topological polar surface area (TPSA) is 42.4 Å². The van der Waals surface area contributed by atoms with Gasteiger partial charge in [0.1, 0.15) is 5.75 Å². The monoisotopic (exact) mass is 362 g/mol. The summed E-state index contributed by atoms with van der Waals surface area (Å²) in [6.45, 7) is 1.17.